The highest BCUT2D eigenvalue weighted by molar-refractivity contribution is 6.11. The Labute approximate surface area is 301 Å². The highest BCUT2D eigenvalue weighted by Gasteiger charge is 2.19. The first-order chi connectivity index (χ1) is 25.8. The molecule has 0 atom stereocenters. The van der Waals surface area contributed by atoms with Crippen LogP contribution in [0.15, 0.2) is 194 Å². The lowest BCUT2D eigenvalue weighted by atomic mass is 10.0. The second kappa shape index (κ2) is 12.4. The molecule has 10 rings (SSSR count). The molecular weight excluding hydrogens is 633 g/mol. The fraction of sp³-hybridized carbons (Fsp3) is 0. The first-order valence-corrected chi connectivity index (χ1v) is 17.6. The maximum Gasteiger partial charge on any atom is 0.159 e. The predicted octanol–water partition coefficient (Wildman–Crippen LogP) is 12.7. The summed E-state index contributed by atoms with van der Waals surface area (Å²) in [5.74, 6) is 0.700. The topological polar surface area (TPSA) is 34.0 Å². The Morgan fingerprint density at radius 3 is 1.81 bits per heavy atom. The zero-order chi connectivity index (χ0) is 34.4. The number of fused-ring (bicyclic) bond motifs is 5. The number of nitrogens with zero attached hydrogens (tertiary/aromatic N) is 4. The van der Waals surface area contributed by atoms with Gasteiger partial charge < -0.3 is 9.47 Å². The molecule has 0 N–H and O–H groups in total. The van der Waals surface area contributed by atoms with E-state index in [4.69, 9.17) is 9.97 Å². The van der Waals surface area contributed by atoms with Crippen molar-refractivity contribution in [3.63, 3.8) is 0 Å². The number of rotatable bonds is 6. The second-order valence-electron chi connectivity index (χ2n) is 13.1. The standard InChI is InChI=1S/C48H32N4/c1-2-15-35(16-3-1)48-49-31-39(32-50-48)51(44-25-11-17-33-13-4-6-21-40(33)44)38-20-10-19-36(29-38)37-27-28-43-42-23-8-9-24-46(42)52(47(43)30-37)45-26-12-18-34-14-5-7-22-41(34)45/h1-32H. The molecule has 0 saturated carbocycles. The van der Waals surface area contributed by atoms with Crippen LogP contribution in [-0.2, 0) is 0 Å². The zero-order valence-electron chi connectivity index (χ0n) is 28.3. The molecule has 2 aromatic heterocycles. The third-order valence-electron chi connectivity index (χ3n) is 10.1. The van der Waals surface area contributed by atoms with Gasteiger partial charge in [-0.1, -0.05) is 146 Å². The maximum absolute atomic E-state index is 4.84. The molecule has 0 bridgehead atoms. The van der Waals surface area contributed by atoms with E-state index >= 15 is 0 Å². The first kappa shape index (κ1) is 29.8. The van der Waals surface area contributed by atoms with Crippen LogP contribution in [0.4, 0.5) is 17.1 Å². The van der Waals surface area contributed by atoms with Gasteiger partial charge in [0.25, 0.3) is 0 Å². The molecule has 2 heterocycles. The van der Waals surface area contributed by atoms with Gasteiger partial charge in [-0.05, 0) is 58.3 Å². The van der Waals surface area contributed by atoms with Crippen molar-refractivity contribution in [2.24, 2.45) is 0 Å². The molecule has 10 aromatic rings. The Balaban J connectivity index is 1.15. The van der Waals surface area contributed by atoms with E-state index in [-0.39, 0.29) is 0 Å². The van der Waals surface area contributed by atoms with E-state index in [1.165, 1.54) is 43.7 Å². The summed E-state index contributed by atoms with van der Waals surface area (Å²) in [7, 11) is 0. The fourth-order valence-corrected chi connectivity index (χ4v) is 7.64. The minimum absolute atomic E-state index is 0.700. The van der Waals surface area contributed by atoms with Crippen molar-refractivity contribution in [1.29, 1.82) is 0 Å². The molecule has 0 unspecified atom stereocenters. The van der Waals surface area contributed by atoms with Crippen molar-refractivity contribution < 1.29 is 0 Å². The molecule has 0 aliphatic rings. The Kier molecular flexibility index (Phi) is 7.10. The Morgan fingerprint density at radius 2 is 0.981 bits per heavy atom. The maximum atomic E-state index is 4.84. The van der Waals surface area contributed by atoms with E-state index in [2.05, 4.69) is 161 Å². The quantitative estimate of drug-likeness (QED) is 0.177. The Morgan fingerprint density at radius 1 is 0.385 bits per heavy atom. The highest BCUT2D eigenvalue weighted by atomic mass is 15.2. The smallest absolute Gasteiger partial charge is 0.159 e. The van der Waals surface area contributed by atoms with Crippen LogP contribution in [0, 0.1) is 0 Å². The van der Waals surface area contributed by atoms with Crippen LogP contribution in [0.1, 0.15) is 0 Å². The van der Waals surface area contributed by atoms with E-state index < -0.39 is 0 Å². The fourth-order valence-electron chi connectivity index (χ4n) is 7.64. The average molecular weight is 665 g/mol. The molecule has 0 fully saturated rings. The summed E-state index contributed by atoms with van der Waals surface area (Å²) in [6.07, 6.45) is 3.86. The average Bonchev–Trinajstić information content (AvgIpc) is 3.55. The van der Waals surface area contributed by atoms with Gasteiger partial charge >= 0.3 is 0 Å². The van der Waals surface area contributed by atoms with E-state index in [0.717, 1.165) is 39.1 Å². The largest absolute Gasteiger partial charge is 0.309 e. The van der Waals surface area contributed by atoms with Crippen molar-refractivity contribution in [3.8, 4) is 28.2 Å². The van der Waals surface area contributed by atoms with Gasteiger partial charge in [-0.3, -0.25) is 0 Å². The Hall–Kier alpha value is -7.04. The number of aromatic nitrogens is 3. The van der Waals surface area contributed by atoms with Gasteiger partial charge in [-0.25, -0.2) is 9.97 Å². The number of para-hydroxylation sites is 1. The molecule has 0 saturated heterocycles. The summed E-state index contributed by atoms with van der Waals surface area (Å²) >= 11 is 0. The van der Waals surface area contributed by atoms with Crippen molar-refractivity contribution in [3.05, 3.63) is 194 Å². The van der Waals surface area contributed by atoms with Crippen LogP contribution in [-0.4, -0.2) is 14.5 Å². The van der Waals surface area contributed by atoms with Crippen molar-refractivity contribution in [2.75, 3.05) is 4.90 Å². The van der Waals surface area contributed by atoms with Crippen LogP contribution in [0.2, 0.25) is 0 Å². The minimum atomic E-state index is 0.700. The lowest BCUT2D eigenvalue weighted by molar-refractivity contribution is 1.14. The number of anilines is 3. The number of benzene rings is 8. The number of hydrogen-bond donors (Lipinski definition) is 0. The van der Waals surface area contributed by atoms with Crippen molar-refractivity contribution >= 4 is 60.4 Å². The lowest BCUT2D eigenvalue weighted by Gasteiger charge is -2.26. The SMILES string of the molecule is c1ccc(-c2ncc(N(c3cccc(-c4ccc5c6ccccc6n(-c6cccc7ccccc67)c5c4)c3)c3cccc4ccccc34)cn2)cc1. The third-order valence-corrected chi connectivity index (χ3v) is 10.1. The van der Waals surface area contributed by atoms with E-state index in [1.54, 1.807) is 0 Å². The summed E-state index contributed by atoms with van der Waals surface area (Å²) in [4.78, 5) is 12.0. The molecule has 4 nitrogen and oxygen atoms in total. The van der Waals surface area contributed by atoms with Gasteiger partial charge in [-0.15, -0.1) is 0 Å². The van der Waals surface area contributed by atoms with Gasteiger partial charge in [0.2, 0.25) is 0 Å². The van der Waals surface area contributed by atoms with Crippen LogP contribution in [0.3, 0.4) is 0 Å². The normalized spacial score (nSPS) is 11.5. The van der Waals surface area contributed by atoms with Crippen LogP contribution >= 0.6 is 0 Å². The third kappa shape index (κ3) is 5.00. The summed E-state index contributed by atoms with van der Waals surface area (Å²) in [6.45, 7) is 0. The van der Waals surface area contributed by atoms with E-state index in [9.17, 15) is 0 Å². The van der Waals surface area contributed by atoms with Crippen molar-refractivity contribution in [1.82, 2.24) is 14.5 Å². The van der Waals surface area contributed by atoms with E-state index in [1.807, 2.05) is 42.7 Å². The Bertz CT molecular complexity index is 2900. The second-order valence-corrected chi connectivity index (χ2v) is 13.1. The van der Waals surface area contributed by atoms with Crippen LogP contribution in [0.5, 0.6) is 0 Å². The predicted molar refractivity (Wildman–Crippen MR) is 217 cm³/mol. The molecule has 0 spiro atoms. The lowest BCUT2D eigenvalue weighted by Crippen LogP contribution is -2.11. The molecule has 244 valence electrons. The summed E-state index contributed by atoms with van der Waals surface area (Å²) < 4.78 is 2.42. The van der Waals surface area contributed by atoms with Crippen LogP contribution < -0.4 is 4.90 Å². The molecular formula is C48H32N4. The summed E-state index contributed by atoms with van der Waals surface area (Å²) in [6, 6.07) is 64.7. The van der Waals surface area contributed by atoms with Crippen LogP contribution in [0.25, 0.3) is 71.6 Å². The van der Waals surface area contributed by atoms with Gasteiger partial charge in [0.1, 0.15) is 0 Å². The van der Waals surface area contributed by atoms with Gasteiger partial charge in [0.15, 0.2) is 5.82 Å². The van der Waals surface area contributed by atoms with E-state index in [0.29, 0.717) is 5.82 Å². The molecule has 8 aromatic carbocycles. The number of hydrogen-bond acceptors (Lipinski definition) is 3. The molecule has 0 aliphatic carbocycles. The molecule has 52 heavy (non-hydrogen) atoms. The van der Waals surface area contributed by atoms with Gasteiger partial charge in [-0.2, -0.15) is 0 Å². The zero-order valence-corrected chi connectivity index (χ0v) is 28.3. The molecule has 0 aliphatic heterocycles. The van der Waals surface area contributed by atoms with Gasteiger partial charge in [0, 0.05) is 32.8 Å². The highest BCUT2D eigenvalue weighted by Crippen LogP contribution is 2.41. The summed E-state index contributed by atoms with van der Waals surface area (Å²) in [5.41, 5.74) is 9.79. The first-order valence-electron chi connectivity index (χ1n) is 17.6. The van der Waals surface area contributed by atoms with Gasteiger partial charge in [0.05, 0.1) is 40.5 Å². The summed E-state index contributed by atoms with van der Waals surface area (Å²) in [5, 5.41) is 7.26. The molecule has 4 heteroatoms. The monoisotopic (exact) mass is 664 g/mol. The minimum Gasteiger partial charge on any atom is -0.309 e. The molecule has 0 amide bonds. The van der Waals surface area contributed by atoms with Crippen molar-refractivity contribution in [2.45, 2.75) is 0 Å². The molecule has 0 radical (unpaired) electrons.